The zero-order valence-corrected chi connectivity index (χ0v) is 7.72. The first-order valence-electron chi connectivity index (χ1n) is 1.59. The second-order valence-corrected chi connectivity index (χ2v) is 6.30. The van der Waals surface area contributed by atoms with Crippen LogP contribution >= 0.6 is 15.2 Å². The summed E-state index contributed by atoms with van der Waals surface area (Å²) < 4.78 is 23.6. The van der Waals surface area contributed by atoms with E-state index >= 15 is 0 Å². The Morgan fingerprint density at radius 2 is 1.44 bits per heavy atom. The van der Waals surface area contributed by atoms with Crippen molar-refractivity contribution < 1.29 is 23.0 Å². The summed E-state index contributed by atoms with van der Waals surface area (Å²) in [4.78, 5) is 19.4. The van der Waals surface area contributed by atoms with Crippen molar-refractivity contribution in [3.8, 4) is 0 Å². The maximum atomic E-state index is 9.71. The first-order valence-corrected chi connectivity index (χ1v) is 7.44. The third-order valence-corrected chi connectivity index (χ3v) is 3.81. The Morgan fingerprint density at radius 3 is 1.67 bits per heavy atom. The van der Waals surface area contributed by atoms with E-state index in [-0.39, 0.29) is 0 Å². The average molecular weight is 198 g/mol. The quantitative estimate of drug-likeness (QED) is 0.395. The van der Waals surface area contributed by atoms with Crippen LogP contribution in [0, 0.1) is 0 Å². The van der Waals surface area contributed by atoms with Gasteiger partial charge in [-0.3, -0.25) is 0 Å². The molecule has 0 saturated heterocycles. The summed E-state index contributed by atoms with van der Waals surface area (Å²) in [5.41, 5.74) is 0. The summed E-state index contributed by atoms with van der Waals surface area (Å²) in [7, 11) is -6.64. The molecule has 9 heavy (non-hydrogen) atoms. The van der Waals surface area contributed by atoms with Crippen LogP contribution in [0.15, 0.2) is 0 Å². The smallest absolute Gasteiger partial charge is 0.605 e. The Kier molecular flexibility index (Phi) is 5.61. The van der Waals surface area contributed by atoms with Gasteiger partial charge in [0.1, 0.15) is 0 Å². The highest BCUT2D eigenvalue weighted by atomic mass is 31.4. The fourth-order valence-corrected chi connectivity index (χ4v) is 3.67. The molecule has 0 aromatic heterocycles. The molecule has 48 valence electrons. The lowest BCUT2D eigenvalue weighted by molar-refractivity contribution is -0.159. The average Bonchev–Trinajstić information content (AvgIpc) is 1.63. The van der Waals surface area contributed by atoms with E-state index < -0.39 is 34.0 Å². The molecule has 0 bridgehead atoms. The summed E-state index contributed by atoms with van der Waals surface area (Å²) >= 11 is 0. The van der Waals surface area contributed by atoms with Crippen molar-refractivity contribution in [1.82, 2.24) is 0 Å². The molecule has 2 unspecified atom stereocenters. The molecular formula is O5P2Si2. The predicted octanol–water partition coefficient (Wildman–Crippen LogP) is -1.72. The molecule has 0 aromatic rings. The zero-order valence-electron chi connectivity index (χ0n) is 3.94. The van der Waals surface area contributed by atoms with Gasteiger partial charge >= 0.3 is 18.9 Å². The molecule has 0 N–H and O–H groups in total. The van der Waals surface area contributed by atoms with Gasteiger partial charge in [-0.05, 0) is 0 Å². The molecule has 0 rings (SSSR count). The fourth-order valence-electron chi connectivity index (χ4n) is 0.0949. The minimum atomic E-state index is -2.59. The Balaban J connectivity index is 3.10. The lowest BCUT2D eigenvalue weighted by atomic mass is 15.8. The molecule has 0 amide bonds. The summed E-state index contributed by atoms with van der Waals surface area (Å²) in [6.45, 7) is 0. The van der Waals surface area contributed by atoms with Crippen LogP contribution in [0.2, 0.25) is 0 Å². The first kappa shape index (κ1) is 9.51. The standard InChI is InChI=1S/O5P2Si2/c1-6(2)8-5-9-7(3)4. The van der Waals surface area contributed by atoms with Gasteiger partial charge in [0.25, 0.3) is 15.2 Å². The van der Waals surface area contributed by atoms with Gasteiger partial charge in [-0.15, -0.1) is 0 Å². The fraction of sp³-hybridized carbons (Fsp3) is 0. The molecule has 9 heteroatoms. The molecule has 2 atom stereocenters. The molecule has 0 aromatic carbocycles. The summed E-state index contributed by atoms with van der Waals surface area (Å²) in [5, 5.41) is 0. The Morgan fingerprint density at radius 1 is 1.11 bits per heavy atom. The minimum absolute atomic E-state index is 0.736. The van der Waals surface area contributed by atoms with E-state index in [1.54, 1.807) is 0 Å². The van der Waals surface area contributed by atoms with Crippen molar-refractivity contribution in [3.63, 3.8) is 0 Å². The first-order chi connectivity index (χ1) is 4.13. The Labute approximate surface area is 57.8 Å². The summed E-state index contributed by atoms with van der Waals surface area (Å²) in [5.74, 6) is 0. The van der Waals surface area contributed by atoms with Crippen LogP contribution in [0.25, 0.3) is 0 Å². The predicted molar refractivity (Wildman–Crippen MR) is 27.8 cm³/mol. The van der Waals surface area contributed by atoms with Crippen LogP contribution in [-0.2, 0) is 13.2 Å². The maximum Gasteiger partial charge on any atom is 0.605 e. The van der Waals surface area contributed by atoms with Crippen LogP contribution in [0.3, 0.4) is 0 Å². The van der Waals surface area contributed by atoms with Gasteiger partial charge in [0.15, 0.2) is 0 Å². The molecule has 0 spiro atoms. The molecule has 0 aliphatic carbocycles. The topological polar surface area (TPSA) is 89.5 Å². The largest absolute Gasteiger partial charge is 0.607 e. The van der Waals surface area contributed by atoms with E-state index in [4.69, 9.17) is 0 Å². The van der Waals surface area contributed by atoms with E-state index in [1.165, 1.54) is 0 Å². The van der Waals surface area contributed by atoms with Crippen molar-refractivity contribution in [3.05, 3.63) is 0 Å². The Bertz CT molecular complexity index is 108. The molecule has 0 saturated carbocycles. The van der Waals surface area contributed by atoms with Crippen molar-refractivity contribution in [2.24, 2.45) is 0 Å². The summed E-state index contributed by atoms with van der Waals surface area (Å²) in [6, 6.07) is 0. The van der Waals surface area contributed by atoms with E-state index in [9.17, 15) is 18.9 Å². The van der Waals surface area contributed by atoms with Gasteiger partial charge in [0.05, 0.1) is 0 Å². The van der Waals surface area contributed by atoms with Crippen LogP contribution < -0.4 is 9.79 Å². The second kappa shape index (κ2) is 5.31. The SMILES string of the molecule is O=[P+]([O-])[Si]O[Si][P+](=O)[O-]. The normalized spacial score (nSPS) is 13.1. The van der Waals surface area contributed by atoms with E-state index in [2.05, 4.69) is 4.12 Å². The van der Waals surface area contributed by atoms with Gasteiger partial charge in [-0.2, -0.15) is 0 Å². The van der Waals surface area contributed by atoms with Crippen molar-refractivity contribution >= 4 is 34.0 Å². The molecule has 0 aliphatic rings. The zero-order chi connectivity index (χ0) is 7.28. The van der Waals surface area contributed by atoms with Crippen LogP contribution in [0.5, 0.6) is 0 Å². The molecule has 4 radical (unpaired) electrons. The van der Waals surface area contributed by atoms with Gasteiger partial charge in [-0.1, -0.05) is 9.13 Å². The maximum absolute atomic E-state index is 9.71. The third kappa shape index (κ3) is 8.51. The second-order valence-electron chi connectivity index (χ2n) is 0.799. The Hall–Kier alpha value is 0.514. The highest BCUT2D eigenvalue weighted by Gasteiger charge is 2.17. The molecule has 0 heterocycles. The molecule has 5 nitrogen and oxygen atoms in total. The highest BCUT2D eigenvalue weighted by molar-refractivity contribution is 7.72. The number of hydrogen-bond acceptors (Lipinski definition) is 5. The summed E-state index contributed by atoms with van der Waals surface area (Å²) in [6.07, 6.45) is 0. The lowest BCUT2D eigenvalue weighted by Gasteiger charge is -1.81. The van der Waals surface area contributed by atoms with Crippen molar-refractivity contribution in [2.45, 2.75) is 0 Å². The third-order valence-electron chi connectivity index (χ3n) is 0.240. The van der Waals surface area contributed by atoms with Crippen molar-refractivity contribution in [2.75, 3.05) is 0 Å². The molecule has 0 fully saturated rings. The van der Waals surface area contributed by atoms with Gasteiger partial charge in [0.2, 0.25) is 0 Å². The van der Waals surface area contributed by atoms with E-state index in [0.717, 1.165) is 0 Å². The van der Waals surface area contributed by atoms with Crippen LogP contribution in [0.1, 0.15) is 0 Å². The van der Waals surface area contributed by atoms with E-state index in [1.807, 2.05) is 0 Å². The molecular weight excluding hydrogens is 198 g/mol. The number of rotatable bonds is 4. The van der Waals surface area contributed by atoms with Crippen molar-refractivity contribution in [1.29, 1.82) is 0 Å². The van der Waals surface area contributed by atoms with Crippen LogP contribution in [0.4, 0.5) is 0 Å². The van der Waals surface area contributed by atoms with Gasteiger partial charge in [0, 0.05) is 0 Å². The van der Waals surface area contributed by atoms with Crippen LogP contribution in [-0.4, -0.2) is 18.9 Å². The highest BCUT2D eigenvalue weighted by Crippen LogP contribution is 2.07. The van der Waals surface area contributed by atoms with Gasteiger partial charge < -0.3 is 13.9 Å². The lowest BCUT2D eigenvalue weighted by Crippen LogP contribution is -2.05. The van der Waals surface area contributed by atoms with Gasteiger partial charge in [-0.25, -0.2) is 0 Å². The van der Waals surface area contributed by atoms with E-state index in [0.29, 0.717) is 0 Å². The monoisotopic (exact) mass is 198 g/mol. The molecule has 0 aliphatic heterocycles. The number of hydrogen-bond donors (Lipinski definition) is 0. The minimum Gasteiger partial charge on any atom is -0.607 e.